The molecule has 4 amide bonds. The number of rotatable bonds is 29. The summed E-state index contributed by atoms with van der Waals surface area (Å²) in [6.45, 7) is 4.87. The number of nitrogens with zero attached hydrogens (tertiary/aromatic N) is 1. The SMILES string of the molecule is CNCCOCCOCCOCCNC(=O)CN(CCOCC[C@H]1OC(COC2(C(=O)O)CC(O)C(NC(C)=O)C(C(O)C(O)CO)O2)C(O)C(O)[C@H]1NC(C)=O)C(C)=O. The average molecular weight is 872 g/mol. The Morgan fingerprint density at radius 3 is 1.95 bits per heavy atom. The summed E-state index contributed by atoms with van der Waals surface area (Å²) < 4.78 is 39.1. The highest BCUT2D eigenvalue weighted by molar-refractivity contribution is 5.83. The molecule has 24 heteroatoms. The highest BCUT2D eigenvalue weighted by Gasteiger charge is 2.56. The van der Waals surface area contributed by atoms with Gasteiger partial charge in [-0.05, 0) is 13.5 Å². The Morgan fingerprint density at radius 1 is 0.800 bits per heavy atom. The van der Waals surface area contributed by atoms with Crippen LogP contribution >= 0.6 is 0 Å². The maximum Gasteiger partial charge on any atom is 0.364 e. The molecule has 9 unspecified atom stereocenters. The molecule has 2 aliphatic rings. The van der Waals surface area contributed by atoms with E-state index in [1.54, 1.807) is 0 Å². The van der Waals surface area contributed by atoms with Gasteiger partial charge >= 0.3 is 5.97 Å². The molecule has 2 heterocycles. The predicted octanol–water partition coefficient (Wildman–Crippen LogP) is -6.21. The van der Waals surface area contributed by atoms with Crippen molar-refractivity contribution in [1.82, 2.24) is 26.2 Å². The number of aliphatic carboxylic acids is 1. The van der Waals surface area contributed by atoms with Crippen molar-refractivity contribution in [2.45, 2.75) is 100 Å². The maximum absolute atomic E-state index is 12.6. The number of ether oxygens (including phenoxy) is 7. The van der Waals surface area contributed by atoms with Crippen molar-refractivity contribution in [3.05, 3.63) is 0 Å². The molecule has 0 aliphatic carbocycles. The zero-order valence-electron chi connectivity index (χ0n) is 34.6. The Bertz CT molecular complexity index is 1320. The number of nitrogens with one attached hydrogen (secondary N) is 4. The molecule has 2 saturated heterocycles. The number of carbonyl (C=O) groups is 5. The van der Waals surface area contributed by atoms with Gasteiger partial charge < -0.3 is 95.1 Å². The second-order valence-electron chi connectivity index (χ2n) is 14.2. The van der Waals surface area contributed by atoms with E-state index in [4.69, 9.17) is 33.2 Å². The normalized spacial score (nSPS) is 27.7. The van der Waals surface area contributed by atoms with Crippen molar-refractivity contribution in [3.8, 4) is 0 Å². The van der Waals surface area contributed by atoms with Crippen LogP contribution in [0.4, 0.5) is 0 Å². The molecule has 2 fully saturated rings. The van der Waals surface area contributed by atoms with Gasteiger partial charge in [0.05, 0.1) is 90.3 Å². The summed E-state index contributed by atoms with van der Waals surface area (Å²) in [7, 11) is 1.84. The molecule has 24 nitrogen and oxygen atoms in total. The van der Waals surface area contributed by atoms with Crippen LogP contribution in [0.2, 0.25) is 0 Å². The van der Waals surface area contributed by atoms with Crippen LogP contribution in [0, 0.1) is 0 Å². The minimum Gasteiger partial charge on any atom is -0.477 e. The number of carboxylic acid groups (broad SMARTS) is 1. The Morgan fingerprint density at radius 2 is 1.38 bits per heavy atom. The summed E-state index contributed by atoms with van der Waals surface area (Å²) in [5, 5.41) is 83.7. The lowest BCUT2D eigenvalue weighted by Gasteiger charge is -2.48. The fourth-order valence-electron chi connectivity index (χ4n) is 6.37. The van der Waals surface area contributed by atoms with Gasteiger partial charge in [-0.2, -0.15) is 0 Å². The Kier molecular flexibility index (Phi) is 24.4. The lowest BCUT2D eigenvalue weighted by Crippen LogP contribution is -2.68. The van der Waals surface area contributed by atoms with Crippen LogP contribution < -0.4 is 21.3 Å². The summed E-state index contributed by atoms with van der Waals surface area (Å²) >= 11 is 0. The predicted molar refractivity (Wildman–Crippen MR) is 204 cm³/mol. The number of aliphatic hydroxyl groups excluding tert-OH is 6. The first-order valence-electron chi connectivity index (χ1n) is 19.7. The minimum absolute atomic E-state index is 0.00767. The molecular weight excluding hydrogens is 806 g/mol. The monoisotopic (exact) mass is 871 g/mol. The molecule has 0 aromatic carbocycles. The molecule has 60 heavy (non-hydrogen) atoms. The van der Waals surface area contributed by atoms with Crippen molar-refractivity contribution in [2.75, 3.05) is 99.3 Å². The molecule has 0 aromatic rings. The third-order valence-corrected chi connectivity index (χ3v) is 9.53. The average Bonchev–Trinajstić information content (AvgIpc) is 3.19. The molecule has 2 aliphatic heterocycles. The Hall–Kier alpha value is -3.21. The van der Waals surface area contributed by atoms with Crippen LogP contribution in [0.25, 0.3) is 0 Å². The third kappa shape index (κ3) is 17.6. The first kappa shape index (κ1) is 52.9. The van der Waals surface area contributed by atoms with E-state index in [1.807, 2.05) is 7.05 Å². The summed E-state index contributed by atoms with van der Waals surface area (Å²) in [5.41, 5.74) is 0. The number of carbonyl (C=O) groups excluding carboxylic acids is 4. The van der Waals surface area contributed by atoms with Crippen molar-refractivity contribution in [2.24, 2.45) is 0 Å². The van der Waals surface area contributed by atoms with Gasteiger partial charge in [-0.25, -0.2) is 4.79 Å². The number of hydrogen-bond donors (Lipinski definition) is 11. The summed E-state index contributed by atoms with van der Waals surface area (Å²) in [4.78, 5) is 62.4. The van der Waals surface area contributed by atoms with E-state index in [9.17, 15) is 59.7 Å². The minimum atomic E-state index is -2.75. The van der Waals surface area contributed by atoms with Crippen LogP contribution in [0.15, 0.2) is 0 Å². The second kappa shape index (κ2) is 27.7. The lowest BCUT2D eigenvalue weighted by molar-refractivity contribution is -0.322. The van der Waals surface area contributed by atoms with E-state index in [2.05, 4.69) is 21.3 Å². The van der Waals surface area contributed by atoms with Gasteiger partial charge in [0.1, 0.15) is 36.6 Å². The summed E-state index contributed by atoms with van der Waals surface area (Å²) in [6, 6.07) is -2.61. The van der Waals surface area contributed by atoms with Gasteiger partial charge in [0.25, 0.3) is 5.79 Å². The molecule has 0 radical (unpaired) electrons. The van der Waals surface area contributed by atoms with Crippen molar-refractivity contribution in [3.63, 3.8) is 0 Å². The fourth-order valence-corrected chi connectivity index (χ4v) is 6.37. The van der Waals surface area contributed by atoms with Gasteiger partial charge in [-0.15, -0.1) is 0 Å². The zero-order chi connectivity index (χ0) is 44.8. The zero-order valence-corrected chi connectivity index (χ0v) is 34.6. The van der Waals surface area contributed by atoms with Crippen LogP contribution in [-0.4, -0.2) is 236 Å². The van der Waals surface area contributed by atoms with Gasteiger partial charge in [0.2, 0.25) is 23.6 Å². The van der Waals surface area contributed by atoms with E-state index in [-0.39, 0.29) is 51.8 Å². The van der Waals surface area contributed by atoms with Crippen molar-refractivity contribution < 1.29 is 92.9 Å². The van der Waals surface area contributed by atoms with Crippen LogP contribution in [0.5, 0.6) is 0 Å². The Labute approximate surface area is 348 Å². The lowest BCUT2D eigenvalue weighted by atomic mass is 9.88. The second-order valence-corrected chi connectivity index (χ2v) is 14.2. The standard InChI is InChI=1S/C36H65N5O19/c1-21(43)39-29-24(46)17-36(35(52)53,60-34(29)31(49)25(47)19-42)58-20-27-32(50)33(51)30(40-22(2)44)26(59-27)5-9-54-12-8-41(23(3)45)18-28(48)38-7-11-56-14-16-57-15-13-55-10-6-37-4/h24-27,29-34,37,42,46-47,49-51H,5-20H2,1-4H3,(H,38,48)(H,39,43)(H,40,44)(H,52,53)/t24?,25?,26-,27?,29?,30+,31?,32?,33?,34?,36?/m1/s1. The first-order valence-corrected chi connectivity index (χ1v) is 19.7. The van der Waals surface area contributed by atoms with E-state index >= 15 is 0 Å². The molecule has 11 atom stereocenters. The third-order valence-electron chi connectivity index (χ3n) is 9.53. The number of carboxylic acids is 1. The molecule has 0 saturated carbocycles. The molecule has 348 valence electrons. The van der Waals surface area contributed by atoms with E-state index < -0.39 is 110 Å². The van der Waals surface area contributed by atoms with Gasteiger partial charge in [0.15, 0.2) is 0 Å². The summed E-state index contributed by atoms with van der Waals surface area (Å²) in [5.74, 6) is -6.61. The van der Waals surface area contributed by atoms with E-state index in [0.717, 1.165) is 13.5 Å². The first-order chi connectivity index (χ1) is 28.5. The molecule has 2 rings (SSSR count). The van der Waals surface area contributed by atoms with Gasteiger partial charge in [-0.3, -0.25) is 19.2 Å². The van der Waals surface area contributed by atoms with E-state index in [1.165, 1.54) is 18.7 Å². The van der Waals surface area contributed by atoms with Crippen LogP contribution in [0.1, 0.15) is 33.6 Å². The van der Waals surface area contributed by atoms with Gasteiger partial charge in [-0.1, -0.05) is 0 Å². The molecule has 0 bridgehead atoms. The van der Waals surface area contributed by atoms with Gasteiger partial charge in [0, 0.05) is 53.4 Å². The number of hydrogen-bond acceptors (Lipinski definition) is 19. The highest BCUT2D eigenvalue weighted by Crippen LogP contribution is 2.35. The molecule has 0 aromatic heterocycles. The number of aliphatic hydroxyl groups is 6. The molecule has 11 N–H and O–H groups in total. The molecular formula is C36H65N5O19. The smallest absolute Gasteiger partial charge is 0.364 e. The summed E-state index contributed by atoms with van der Waals surface area (Å²) in [6.07, 6.45) is -14.2. The topological polar surface area (TPSA) is 343 Å². The van der Waals surface area contributed by atoms with Crippen molar-refractivity contribution >= 4 is 29.6 Å². The highest BCUT2D eigenvalue weighted by atomic mass is 16.7. The molecule has 0 spiro atoms. The van der Waals surface area contributed by atoms with Crippen LogP contribution in [-0.2, 0) is 57.1 Å². The van der Waals surface area contributed by atoms with E-state index in [0.29, 0.717) is 33.0 Å². The number of amides is 4. The Balaban J connectivity index is 1.94. The fraction of sp³-hybridized carbons (Fsp3) is 0.861. The van der Waals surface area contributed by atoms with Crippen molar-refractivity contribution in [1.29, 1.82) is 0 Å². The quantitative estimate of drug-likeness (QED) is 0.0312. The number of likely N-dealkylation sites (N-methyl/N-ethyl adjacent to an activating group) is 1. The maximum atomic E-state index is 12.6. The van der Waals surface area contributed by atoms with Crippen LogP contribution in [0.3, 0.4) is 0 Å². The largest absolute Gasteiger partial charge is 0.477 e.